The zero-order valence-corrected chi connectivity index (χ0v) is 12.1. The average molecular weight is 292 g/mol. The Morgan fingerprint density at radius 2 is 2.05 bits per heavy atom. The van der Waals surface area contributed by atoms with Crippen molar-refractivity contribution in [2.24, 2.45) is 5.92 Å². The first kappa shape index (κ1) is 13.4. The maximum absolute atomic E-state index is 13.0. The van der Waals surface area contributed by atoms with Crippen LogP contribution in [-0.4, -0.2) is 59.8 Å². The van der Waals surface area contributed by atoms with Crippen molar-refractivity contribution in [1.29, 1.82) is 0 Å². The highest BCUT2D eigenvalue weighted by molar-refractivity contribution is 5.33. The summed E-state index contributed by atoms with van der Waals surface area (Å²) in [7, 11) is 0. The van der Waals surface area contributed by atoms with E-state index in [0.717, 1.165) is 25.6 Å². The molecule has 3 heterocycles. The number of morpholine rings is 1. The van der Waals surface area contributed by atoms with Crippen LogP contribution >= 0.6 is 0 Å². The zero-order chi connectivity index (χ0) is 14.2. The second-order valence-electron chi connectivity index (χ2n) is 6.39. The van der Waals surface area contributed by atoms with E-state index in [2.05, 4.69) is 19.8 Å². The monoisotopic (exact) mass is 292 g/mol. The lowest BCUT2D eigenvalue weighted by Gasteiger charge is -2.36. The van der Waals surface area contributed by atoms with Gasteiger partial charge in [-0.15, -0.1) is 0 Å². The lowest BCUT2D eigenvalue weighted by molar-refractivity contribution is 0.0291. The van der Waals surface area contributed by atoms with Gasteiger partial charge in [0.2, 0.25) is 5.95 Å². The third-order valence-electron chi connectivity index (χ3n) is 4.98. The summed E-state index contributed by atoms with van der Waals surface area (Å²) in [4.78, 5) is 13.0. The number of hydrogen-bond acceptors (Lipinski definition) is 5. The van der Waals surface area contributed by atoms with Crippen LogP contribution in [0.1, 0.15) is 19.3 Å². The number of ether oxygens (including phenoxy) is 1. The molecule has 3 aliphatic rings. The Morgan fingerprint density at radius 1 is 1.24 bits per heavy atom. The SMILES string of the molecule is Fc1cnc(N2CCO[C@H]3CN(CC4CCC4)C[C@H]32)nc1. The summed E-state index contributed by atoms with van der Waals surface area (Å²) < 4.78 is 18.9. The highest BCUT2D eigenvalue weighted by atomic mass is 19.1. The first-order valence-corrected chi connectivity index (χ1v) is 7.88. The van der Waals surface area contributed by atoms with Gasteiger partial charge in [-0.25, -0.2) is 14.4 Å². The number of hydrogen-bond donors (Lipinski definition) is 0. The summed E-state index contributed by atoms with van der Waals surface area (Å²) in [5.74, 6) is 1.11. The Balaban J connectivity index is 1.46. The van der Waals surface area contributed by atoms with Gasteiger partial charge in [-0.05, 0) is 18.8 Å². The molecule has 1 aliphatic carbocycles. The second-order valence-corrected chi connectivity index (χ2v) is 6.39. The van der Waals surface area contributed by atoms with Crippen LogP contribution in [0.25, 0.3) is 0 Å². The van der Waals surface area contributed by atoms with Crippen LogP contribution in [0.2, 0.25) is 0 Å². The van der Waals surface area contributed by atoms with Crippen LogP contribution in [0.5, 0.6) is 0 Å². The zero-order valence-electron chi connectivity index (χ0n) is 12.1. The van der Waals surface area contributed by atoms with Crippen LogP contribution in [-0.2, 0) is 4.74 Å². The first-order chi connectivity index (χ1) is 10.3. The Kier molecular flexibility index (Phi) is 3.51. The van der Waals surface area contributed by atoms with Crippen molar-refractivity contribution < 1.29 is 9.13 Å². The fraction of sp³-hybridized carbons (Fsp3) is 0.733. The van der Waals surface area contributed by atoms with Gasteiger partial charge in [-0.3, -0.25) is 4.90 Å². The number of aromatic nitrogens is 2. The van der Waals surface area contributed by atoms with Crippen molar-refractivity contribution in [3.05, 3.63) is 18.2 Å². The van der Waals surface area contributed by atoms with E-state index in [9.17, 15) is 4.39 Å². The van der Waals surface area contributed by atoms with Crippen molar-refractivity contribution in [1.82, 2.24) is 14.9 Å². The number of anilines is 1. The van der Waals surface area contributed by atoms with E-state index >= 15 is 0 Å². The third-order valence-corrected chi connectivity index (χ3v) is 4.98. The summed E-state index contributed by atoms with van der Waals surface area (Å²) in [6.07, 6.45) is 6.85. The minimum atomic E-state index is -0.387. The molecule has 0 N–H and O–H groups in total. The molecular formula is C15H21FN4O. The van der Waals surface area contributed by atoms with E-state index in [1.165, 1.54) is 38.2 Å². The van der Waals surface area contributed by atoms with Gasteiger partial charge >= 0.3 is 0 Å². The Morgan fingerprint density at radius 3 is 2.76 bits per heavy atom. The minimum Gasteiger partial charge on any atom is -0.373 e. The van der Waals surface area contributed by atoms with Crippen LogP contribution in [0, 0.1) is 11.7 Å². The molecule has 0 radical (unpaired) electrons. The number of nitrogens with zero attached hydrogens (tertiary/aromatic N) is 4. The molecule has 1 saturated carbocycles. The average Bonchev–Trinajstić information content (AvgIpc) is 2.86. The molecule has 2 aliphatic heterocycles. The lowest BCUT2D eigenvalue weighted by Crippen LogP contribution is -2.51. The van der Waals surface area contributed by atoms with Gasteiger partial charge in [0.15, 0.2) is 5.82 Å². The molecule has 0 amide bonds. The van der Waals surface area contributed by atoms with Gasteiger partial charge in [-0.1, -0.05) is 6.42 Å². The van der Waals surface area contributed by atoms with Gasteiger partial charge in [0.1, 0.15) is 0 Å². The van der Waals surface area contributed by atoms with E-state index in [0.29, 0.717) is 18.6 Å². The summed E-state index contributed by atoms with van der Waals surface area (Å²) in [6.45, 7) is 4.67. The van der Waals surface area contributed by atoms with Crippen LogP contribution in [0.15, 0.2) is 12.4 Å². The summed E-state index contributed by atoms with van der Waals surface area (Å²) in [5, 5.41) is 0. The molecule has 4 rings (SSSR count). The van der Waals surface area contributed by atoms with E-state index in [1.807, 2.05) is 0 Å². The third kappa shape index (κ3) is 2.62. The predicted molar refractivity (Wildman–Crippen MR) is 76.6 cm³/mol. The second kappa shape index (κ2) is 5.50. The van der Waals surface area contributed by atoms with Crippen molar-refractivity contribution in [3.8, 4) is 0 Å². The molecule has 0 spiro atoms. The predicted octanol–water partition coefficient (Wildman–Crippen LogP) is 1.31. The normalized spacial score (nSPS) is 30.2. The van der Waals surface area contributed by atoms with Gasteiger partial charge in [-0.2, -0.15) is 0 Å². The molecule has 0 unspecified atom stereocenters. The summed E-state index contributed by atoms with van der Waals surface area (Å²) in [5.41, 5.74) is 0. The van der Waals surface area contributed by atoms with Gasteiger partial charge in [0.25, 0.3) is 0 Å². The number of fused-ring (bicyclic) bond motifs is 1. The Bertz CT molecular complexity index is 493. The molecule has 1 aromatic rings. The molecule has 5 nitrogen and oxygen atoms in total. The fourth-order valence-electron chi connectivity index (χ4n) is 3.66. The van der Waals surface area contributed by atoms with Crippen LogP contribution < -0.4 is 4.90 Å². The van der Waals surface area contributed by atoms with Gasteiger partial charge in [0.05, 0.1) is 31.1 Å². The molecule has 0 aromatic carbocycles. The molecular weight excluding hydrogens is 271 g/mol. The quantitative estimate of drug-likeness (QED) is 0.840. The van der Waals surface area contributed by atoms with Crippen molar-refractivity contribution in [3.63, 3.8) is 0 Å². The largest absolute Gasteiger partial charge is 0.373 e. The highest BCUT2D eigenvalue weighted by Gasteiger charge is 2.41. The molecule has 1 aromatic heterocycles. The van der Waals surface area contributed by atoms with E-state index < -0.39 is 0 Å². The van der Waals surface area contributed by atoms with E-state index in [1.54, 1.807) is 0 Å². The standard InChI is InChI=1S/C15H21FN4O/c16-12-6-17-15(18-7-12)20-4-5-21-14-10-19(9-13(14)20)8-11-2-1-3-11/h6-7,11,13-14H,1-5,8-10H2/t13-,14+/m1/s1. The summed E-state index contributed by atoms with van der Waals surface area (Å²) in [6, 6.07) is 0.296. The molecule has 3 fully saturated rings. The smallest absolute Gasteiger partial charge is 0.225 e. The van der Waals surface area contributed by atoms with Crippen LogP contribution in [0.3, 0.4) is 0 Å². The summed E-state index contributed by atoms with van der Waals surface area (Å²) >= 11 is 0. The first-order valence-electron chi connectivity index (χ1n) is 7.88. The molecule has 0 bridgehead atoms. The van der Waals surface area contributed by atoms with Crippen molar-refractivity contribution in [2.45, 2.75) is 31.4 Å². The maximum Gasteiger partial charge on any atom is 0.225 e. The topological polar surface area (TPSA) is 41.5 Å². The fourth-order valence-corrected chi connectivity index (χ4v) is 3.66. The van der Waals surface area contributed by atoms with Crippen molar-refractivity contribution in [2.75, 3.05) is 37.7 Å². The molecule has 2 saturated heterocycles. The Hall–Kier alpha value is -1.27. The van der Waals surface area contributed by atoms with E-state index in [-0.39, 0.29) is 11.9 Å². The number of likely N-dealkylation sites (tertiary alicyclic amines) is 1. The number of rotatable bonds is 3. The van der Waals surface area contributed by atoms with Crippen molar-refractivity contribution >= 4 is 5.95 Å². The lowest BCUT2D eigenvalue weighted by atomic mass is 9.85. The molecule has 21 heavy (non-hydrogen) atoms. The van der Waals surface area contributed by atoms with Gasteiger partial charge < -0.3 is 9.64 Å². The maximum atomic E-state index is 13.0. The molecule has 6 heteroatoms. The Labute approximate surface area is 124 Å². The highest BCUT2D eigenvalue weighted by Crippen LogP contribution is 2.31. The molecule has 2 atom stereocenters. The minimum absolute atomic E-state index is 0.229. The van der Waals surface area contributed by atoms with Gasteiger partial charge in [0, 0.05) is 26.2 Å². The van der Waals surface area contributed by atoms with E-state index in [4.69, 9.17) is 4.74 Å². The number of halogens is 1. The molecule has 114 valence electrons. The van der Waals surface area contributed by atoms with Crippen LogP contribution in [0.4, 0.5) is 10.3 Å².